The zero-order valence-electron chi connectivity index (χ0n) is 17.2. The molecule has 0 saturated carbocycles. The fourth-order valence-corrected chi connectivity index (χ4v) is 3.64. The highest BCUT2D eigenvalue weighted by Gasteiger charge is 2.19. The van der Waals surface area contributed by atoms with Crippen LogP contribution in [-0.4, -0.2) is 22.4 Å². The highest BCUT2D eigenvalue weighted by atomic mass is 35.5. The molecule has 0 radical (unpaired) electrons. The van der Waals surface area contributed by atoms with Crippen LogP contribution in [0.5, 0.6) is 0 Å². The predicted molar refractivity (Wildman–Crippen MR) is 124 cm³/mol. The normalized spacial score (nSPS) is 11.3. The zero-order valence-corrected chi connectivity index (χ0v) is 17.9. The van der Waals surface area contributed by atoms with Crippen LogP contribution >= 0.6 is 11.6 Å². The number of benzene rings is 2. The number of para-hydroxylation sites is 1. The van der Waals surface area contributed by atoms with Crippen LogP contribution in [0.25, 0.3) is 28.3 Å². The fourth-order valence-electron chi connectivity index (χ4n) is 3.47. The third-order valence-corrected chi connectivity index (χ3v) is 5.29. The van der Waals surface area contributed by atoms with Crippen molar-refractivity contribution in [2.75, 3.05) is 6.54 Å². The molecule has 33 heavy (non-hydrogen) atoms. The number of halogens is 1. The maximum absolute atomic E-state index is 12.5. The summed E-state index contributed by atoms with van der Waals surface area (Å²) in [6.45, 7) is 0.347. The third kappa shape index (κ3) is 4.79. The van der Waals surface area contributed by atoms with Gasteiger partial charge in [0.2, 0.25) is 0 Å². The van der Waals surface area contributed by atoms with E-state index in [1.807, 2.05) is 36.5 Å². The monoisotopic (exact) mass is 460 g/mol. The molecule has 4 rings (SSSR count). The number of amides is 1. The first-order chi connectivity index (χ1) is 16.0. The molecule has 164 valence electrons. The number of aromatic amines is 1. The first-order valence-electron chi connectivity index (χ1n) is 9.95. The molecule has 2 heterocycles. The van der Waals surface area contributed by atoms with Crippen molar-refractivity contribution in [2.45, 2.75) is 6.42 Å². The Morgan fingerprint density at radius 2 is 2.06 bits per heavy atom. The Hall–Kier alpha value is -4.35. The first kappa shape index (κ1) is 21.9. The molecule has 0 aliphatic heterocycles. The van der Waals surface area contributed by atoms with Gasteiger partial charge in [0.1, 0.15) is 23.2 Å². The second kappa shape index (κ2) is 9.42. The lowest BCUT2D eigenvalue weighted by atomic mass is 10.1. The molecule has 2 aromatic carbocycles. The number of hydrogen-bond donors (Lipinski definition) is 2. The topological polar surface area (TPSA) is 125 Å². The fraction of sp³-hybridized carbons (Fsp3) is 0.0833. The molecule has 0 fully saturated rings. The highest BCUT2D eigenvalue weighted by molar-refractivity contribution is 6.30. The maximum Gasteiger partial charge on any atom is 0.281 e. The van der Waals surface area contributed by atoms with Crippen molar-refractivity contribution >= 4 is 40.2 Å². The number of carbonyl (C=O) groups excluding carboxylic acids is 1. The average Bonchev–Trinajstić information content (AvgIpc) is 3.44. The van der Waals surface area contributed by atoms with E-state index in [9.17, 15) is 20.2 Å². The van der Waals surface area contributed by atoms with Crippen LogP contribution in [0.3, 0.4) is 0 Å². The van der Waals surface area contributed by atoms with Crippen LogP contribution < -0.4 is 5.32 Å². The Morgan fingerprint density at radius 3 is 2.85 bits per heavy atom. The number of H-pyrrole nitrogens is 1. The predicted octanol–water partition coefficient (Wildman–Crippen LogP) is 5.26. The molecule has 9 heteroatoms. The molecule has 1 amide bonds. The molecule has 0 unspecified atom stereocenters. The summed E-state index contributed by atoms with van der Waals surface area (Å²) in [6, 6.07) is 17.0. The minimum absolute atomic E-state index is 0.138. The first-order valence-corrected chi connectivity index (χ1v) is 10.3. The van der Waals surface area contributed by atoms with E-state index in [-0.39, 0.29) is 33.4 Å². The van der Waals surface area contributed by atoms with Crippen molar-refractivity contribution in [1.29, 1.82) is 5.26 Å². The standard InChI is InChI=1S/C24H17ClN4O4/c25-17-5-7-20(22(12-17)29(31)32)23-8-6-18(33-23)11-16(13-26)24(30)27-10-9-15-14-28-21-4-2-1-3-19(15)21/h1-8,11-12,14,28H,9-10H2,(H,27,30). The van der Waals surface area contributed by atoms with Gasteiger partial charge >= 0.3 is 0 Å². The maximum atomic E-state index is 12.5. The minimum atomic E-state index is -0.554. The van der Waals surface area contributed by atoms with Crippen molar-refractivity contribution < 1.29 is 14.1 Å². The summed E-state index contributed by atoms with van der Waals surface area (Å²) < 4.78 is 5.64. The number of nitrogens with one attached hydrogen (secondary N) is 2. The van der Waals surface area contributed by atoms with Crippen LogP contribution in [0.15, 0.2) is 70.8 Å². The number of nitriles is 1. The van der Waals surface area contributed by atoms with E-state index in [0.29, 0.717) is 13.0 Å². The Balaban J connectivity index is 1.46. The molecule has 8 nitrogen and oxygen atoms in total. The summed E-state index contributed by atoms with van der Waals surface area (Å²) in [5.74, 6) is -0.0907. The number of nitrogens with zero attached hydrogens (tertiary/aromatic N) is 2. The molecular weight excluding hydrogens is 444 g/mol. The SMILES string of the molecule is N#CC(=Cc1ccc(-c2ccc(Cl)cc2[N+](=O)[O-])o1)C(=O)NCCc1c[nH]c2ccccc12. The van der Waals surface area contributed by atoms with E-state index >= 15 is 0 Å². The number of hydrogen-bond acceptors (Lipinski definition) is 5. The van der Waals surface area contributed by atoms with Crippen molar-refractivity contribution in [2.24, 2.45) is 0 Å². The Labute approximate surface area is 193 Å². The van der Waals surface area contributed by atoms with Gasteiger partial charge in [0.25, 0.3) is 11.6 Å². The molecule has 2 aromatic heterocycles. The van der Waals surface area contributed by atoms with E-state index in [2.05, 4.69) is 10.3 Å². The van der Waals surface area contributed by atoms with Gasteiger partial charge in [0.05, 0.1) is 10.5 Å². The summed E-state index contributed by atoms with van der Waals surface area (Å²) in [5, 5.41) is 24.8. The lowest BCUT2D eigenvalue weighted by Crippen LogP contribution is -2.26. The number of furan rings is 1. The van der Waals surface area contributed by atoms with Crippen LogP contribution in [0.1, 0.15) is 11.3 Å². The Kier molecular flexibility index (Phi) is 6.24. The lowest BCUT2D eigenvalue weighted by Gasteiger charge is -2.04. The lowest BCUT2D eigenvalue weighted by molar-refractivity contribution is -0.384. The van der Waals surface area contributed by atoms with Gasteiger partial charge in [-0.1, -0.05) is 29.8 Å². The largest absolute Gasteiger partial charge is 0.456 e. The average molecular weight is 461 g/mol. The molecule has 0 saturated heterocycles. The molecule has 2 N–H and O–H groups in total. The van der Waals surface area contributed by atoms with E-state index < -0.39 is 10.8 Å². The van der Waals surface area contributed by atoms with Gasteiger partial charge in [-0.3, -0.25) is 14.9 Å². The molecule has 0 bridgehead atoms. The van der Waals surface area contributed by atoms with Gasteiger partial charge in [-0.2, -0.15) is 5.26 Å². The number of nitro groups is 1. The smallest absolute Gasteiger partial charge is 0.281 e. The van der Waals surface area contributed by atoms with Gasteiger partial charge in [0.15, 0.2) is 0 Å². The second-order valence-electron chi connectivity index (χ2n) is 7.16. The Bertz CT molecular complexity index is 1430. The third-order valence-electron chi connectivity index (χ3n) is 5.06. The molecule has 0 atom stereocenters. The van der Waals surface area contributed by atoms with Gasteiger partial charge in [-0.05, 0) is 42.3 Å². The zero-order chi connectivity index (χ0) is 23.4. The van der Waals surface area contributed by atoms with Crippen molar-refractivity contribution in [3.8, 4) is 17.4 Å². The summed E-state index contributed by atoms with van der Waals surface area (Å²) in [6.07, 6.45) is 3.80. The molecule has 0 aliphatic carbocycles. The summed E-state index contributed by atoms with van der Waals surface area (Å²) >= 11 is 5.85. The van der Waals surface area contributed by atoms with Crippen LogP contribution in [-0.2, 0) is 11.2 Å². The van der Waals surface area contributed by atoms with E-state index in [1.165, 1.54) is 36.4 Å². The van der Waals surface area contributed by atoms with Crippen LogP contribution in [0.4, 0.5) is 5.69 Å². The highest BCUT2D eigenvalue weighted by Crippen LogP contribution is 2.33. The van der Waals surface area contributed by atoms with Gasteiger partial charge in [0, 0.05) is 40.8 Å². The molecule has 4 aromatic rings. The minimum Gasteiger partial charge on any atom is -0.456 e. The number of carbonyl (C=O) groups is 1. The molecule has 0 spiro atoms. The number of fused-ring (bicyclic) bond motifs is 1. The number of aromatic nitrogens is 1. The van der Waals surface area contributed by atoms with E-state index in [0.717, 1.165) is 16.5 Å². The molecule has 0 aliphatic rings. The van der Waals surface area contributed by atoms with Crippen molar-refractivity contribution in [3.05, 3.63) is 92.8 Å². The van der Waals surface area contributed by atoms with Gasteiger partial charge in [-0.25, -0.2) is 0 Å². The summed E-state index contributed by atoms with van der Waals surface area (Å²) in [4.78, 5) is 26.4. The van der Waals surface area contributed by atoms with Gasteiger partial charge in [-0.15, -0.1) is 0 Å². The van der Waals surface area contributed by atoms with Crippen LogP contribution in [0, 0.1) is 21.4 Å². The van der Waals surface area contributed by atoms with E-state index in [4.69, 9.17) is 16.0 Å². The molecular formula is C24H17ClN4O4. The quantitative estimate of drug-likeness (QED) is 0.168. The summed E-state index contributed by atoms with van der Waals surface area (Å²) in [7, 11) is 0. The van der Waals surface area contributed by atoms with Crippen LogP contribution in [0.2, 0.25) is 5.02 Å². The van der Waals surface area contributed by atoms with E-state index in [1.54, 1.807) is 0 Å². The number of rotatable bonds is 7. The van der Waals surface area contributed by atoms with Gasteiger partial charge < -0.3 is 14.7 Å². The summed E-state index contributed by atoms with van der Waals surface area (Å²) in [5.41, 5.74) is 1.98. The second-order valence-corrected chi connectivity index (χ2v) is 7.59. The van der Waals surface area contributed by atoms with Crippen molar-refractivity contribution in [1.82, 2.24) is 10.3 Å². The Morgan fingerprint density at radius 1 is 1.24 bits per heavy atom. The number of nitro benzene ring substituents is 1. The van der Waals surface area contributed by atoms with Crippen molar-refractivity contribution in [3.63, 3.8) is 0 Å².